The molecule has 1 atom stereocenters. The maximum atomic E-state index is 10.8. The van der Waals surface area contributed by atoms with E-state index in [1.807, 2.05) is 0 Å². The van der Waals surface area contributed by atoms with Crippen LogP contribution in [0.25, 0.3) is 0 Å². The van der Waals surface area contributed by atoms with E-state index in [0.717, 1.165) is 4.43 Å². The van der Waals surface area contributed by atoms with E-state index in [1.54, 1.807) is 0 Å². The molecule has 0 aliphatic carbocycles. The predicted octanol–water partition coefficient (Wildman–Crippen LogP) is -0.248. The van der Waals surface area contributed by atoms with Crippen molar-refractivity contribution in [2.45, 2.75) is 12.5 Å². The minimum Gasteiger partial charge on any atom is -0.469 e. The molecular formula is C6H10BINO3. The number of carbonyl (C=O) groups excluding carboxylic acids is 2. The van der Waals surface area contributed by atoms with Crippen molar-refractivity contribution in [2.75, 3.05) is 11.5 Å². The van der Waals surface area contributed by atoms with Crippen LogP contribution in [-0.4, -0.2) is 37.1 Å². The molecule has 0 saturated heterocycles. The third kappa shape index (κ3) is 5.53. The SMILES string of the molecule is COC(=O)C[C@@H](CI)N[B]C=O. The average molecular weight is 282 g/mol. The van der Waals surface area contributed by atoms with Crippen molar-refractivity contribution in [1.82, 2.24) is 5.23 Å². The van der Waals surface area contributed by atoms with Crippen LogP contribution in [0.5, 0.6) is 0 Å². The maximum Gasteiger partial charge on any atom is 0.307 e. The Bertz CT molecular complexity index is 156. The zero-order valence-electron chi connectivity index (χ0n) is 6.75. The Labute approximate surface area is 85.8 Å². The minimum atomic E-state index is -0.275. The van der Waals surface area contributed by atoms with E-state index in [-0.39, 0.29) is 18.4 Å². The number of nitrogens with one attached hydrogen (secondary N) is 1. The van der Waals surface area contributed by atoms with Gasteiger partial charge in [0.05, 0.1) is 19.7 Å². The molecule has 0 unspecified atom stereocenters. The van der Waals surface area contributed by atoms with Crippen molar-refractivity contribution in [1.29, 1.82) is 0 Å². The highest BCUT2D eigenvalue weighted by molar-refractivity contribution is 14.1. The van der Waals surface area contributed by atoms with Gasteiger partial charge >= 0.3 is 5.97 Å². The van der Waals surface area contributed by atoms with Crippen LogP contribution in [0.2, 0.25) is 0 Å². The van der Waals surface area contributed by atoms with Gasteiger partial charge in [0.15, 0.2) is 0 Å². The Morgan fingerprint density at radius 2 is 2.50 bits per heavy atom. The summed E-state index contributed by atoms with van der Waals surface area (Å²) in [6, 6.07) is -0.0248. The summed E-state index contributed by atoms with van der Waals surface area (Å²) in [4.78, 5) is 20.7. The van der Waals surface area contributed by atoms with Gasteiger partial charge in [0, 0.05) is 10.5 Å². The lowest BCUT2D eigenvalue weighted by Crippen LogP contribution is -2.36. The molecule has 1 radical (unpaired) electrons. The van der Waals surface area contributed by atoms with Crippen molar-refractivity contribution in [3.05, 3.63) is 0 Å². The molecule has 0 aliphatic rings. The lowest BCUT2D eigenvalue weighted by atomic mass is 9.96. The van der Waals surface area contributed by atoms with E-state index in [1.165, 1.54) is 14.5 Å². The van der Waals surface area contributed by atoms with Crippen LogP contribution in [-0.2, 0) is 14.3 Å². The topological polar surface area (TPSA) is 55.4 Å². The molecular weight excluding hydrogens is 272 g/mol. The van der Waals surface area contributed by atoms with Gasteiger partial charge in [0.2, 0.25) is 0 Å². The van der Waals surface area contributed by atoms with Gasteiger partial charge in [-0.1, -0.05) is 22.6 Å². The highest BCUT2D eigenvalue weighted by Gasteiger charge is 2.11. The van der Waals surface area contributed by atoms with Gasteiger partial charge in [0.25, 0.3) is 7.41 Å². The molecule has 67 valence electrons. The van der Waals surface area contributed by atoms with Crippen LogP contribution in [0.15, 0.2) is 0 Å². The van der Waals surface area contributed by atoms with Crippen LogP contribution in [0, 0.1) is 0 Å². The van der Waals surface area contributed by atoms with E-state index < -0.39 is 0 Å². The fourth-order valence-corrected chi connectivity index (χ4v) is 1.18. The summed E-state index contributed by atoms with van der Waals surface area (Å²) in [6.07, 6.45) is 0.931. The van der Waals surface area contributed by atoms with Crippen molar-refractivity contribution in [2.24, 2.45) is 0 Å². The third-order valence-corrected chi connectivity index (χ3v) is 2.29. The molecule has 6 heteroatoms. The molecule has 0 rings (SSSR count). The summed E-state index contributed by atoms with van der Waals surface area (Å²) < 4.78 is 5.23. The van der Waals surface area contributed by atoms with E-state index in [0.29, 0.717) is 6.19 Å². The molecule has 0 fully saturated rings. The second-order valence-electron chi connectivity index (χ2n) is 2.10. The molecule has 0 heterocycles. The number of hydrogen-bond acceptors (Lipinski definition) is 4. The number of esters is 1. The molecule has 0 aromatic rings. The van der Waals surface area contributed by atoms with E-state index in [4.69, 9.17) is 0 Å². The Kier molecular flexibility index (Phi) is 7.47. The Hall–Kier alpha value is -0.105. The first-order valence-electron chi connectivity index (χ1n) is 3.40. The molecule has 0 aromatic carbocycles. The zero-order chi connectivity index (χ0) is 9.40. The van der Waals surface area contributed by atoms with Gasteiger partial charge in [-0.25, -0.2) is 0 Å². The lowest BCUT2D eigenvalue weighted by Gasteiger charge is -2.11. The van der Waals surface area contributed by atoms with Crippen LogP contribution >= 0.6 is 22.6 Å². The summed E-state index contributed by atoms with van der Waals surface area (Å²) in [5.41, 5.74) is 0. The normalized spacial score (nSPS) is 11.8. The van der Waals surface area contributed by atoms with Gasteiger partial charge in [-0.3, -0.25) is 4.79 Å². The number of alkyl halides is 1. The van der Waals surface area contributed by atoms with Crippen molar-refractivity contribution >= 4 is 42.2 Å². The van der Waals surface area contributed by atoms with E-state index >= 15 is 0 Å². The van der Waals surface area contributed by atoms with E-state index in [9.17, 15) is 9.59 Å². The molecule has 0 aromatic heterocycles. The van der Waals surface area contributed by atoms with Gasteiger partial charge in [-0.15, -0.1) is 0 Å². The molecule has 4 nitrogen and oxygen atoms in total. The van der Waals surface area contributed by atoms with Crippen LogP contribution in [0.4, 0.5) is 0 Å². The van der Waals surface area contributed by atoms with Crippen LogP contribution in [0.3, 0.4) is 0 Å². The van der Waals surface area contributed by atoms with Crippen molar-refractivity contribution < 1.29 is 14.3 Å². The predicted molar refractivity (Wildman–Crippen MR) is 54.9 cm³/mol. The minimum absolute atomic E-state index is 0.0248. The van der Waals surface area contributed by atoms with Gasteiger partial charge in [0.1, 0.15) is 0 Å². The third-order valence-electron chi connectivity index (χ3n) is 1.23. The number of ether oxygens (including phenoxy) is 1. The number of carbonyl (C=O) groups is 2. The maximum absolute atomic E-state index is 10.8. The second-order valence-corrected chi connectivity index (χ2v) is 2.98. The highest BCUT2D eigenvalue weighted by atomic mass is 127. The molecule has 1 N–H and O–H groups in total. The first-order valence-corrected chi connectivity index (χ1v) is 4.93. The summed E-state index contributed by atoms with van der Waals surface area (Å²) in [7, 11) is 2.63. The number of halogens is 1. The van der Waals surface area contributed by atoms with Crippen LogP contribution < -0.4 is 5.23 Å². The Balaban J connectivity index is 3.66. The molecule has 0 aliphatic heterocycles. The Morgan fingerprint density at radius 3 is 2.92 bits per heavy atom. The van der Waals surface area contributed by atoms with Gasteiger partial charge in [-0.2, -0.15) is 0 Å². The summed E-state index contributed by atoms with van der Waals surface area (Å²) in [6.45, 7) is 0. The zero-order valence-corrected chi connectivity index (χ0v) is 8.91. The van der Waals surface area contributed by atoms with Crippen molar-refractivity contribution in [3.63, 3.8) is 0 Å². The van der Waals surface area contributed by atoms with Crippen LogP contribution in [0.1, 0.15) is 6.42 Å². The average Bonchev–Trinajstić information content (AvgIpc) is 2.11. The number of rotatable bonds is 6. The summed E-state index contributed by atoms with van der Waals surface area (Å²) >= 11 is 2.13. The fourth-order valence-electron chi connectivity index (χ4n) is 0.618. The molecule has 0 saturated carbocycles. The fraction of sp³-hybridized carbons (Fsp3) is 0.667. The van der Waals surface area contributed by atoms with E-state index in [2.05, 4.69) is 32.6 Å². The summed E-state index contributed by atoms with van der Waals surface area (Å²) in [5.74, 6) is -0.275. The monoisotopic (exact) mass is 282 g/mol. The summed E-state index contributed by atoms with van der Waals surface area (Å²) in [5, 5.41) is 2.78. The standard InChI is InChI=1S/C6H10BINO3/c1-12-6(11)2-5(3-8)9-7-4-10/h4-5,9H,2-3H2,1H3/t5-/m0/s1. The van der Waals surface area contributed by atoms with Gasteiger partial charge in [-0.05, 0) is 0 Å². The first kappa shape index (κ1) is 11.9. The largest absolute Gasteiger partial charge is 0.469 e. The Morgan fingerprint density at radius 1 is 1.83 bits per heavy atom. The quantitative estimate of drug-likeness (QED) is 0.240. The van der Waals surface area contributed by atoms with Gasteiger partial charge < -0.3 is 14.8 Å². The number of methoxy groups -OCH3 is 1. The second kappa shape index (κ2) is 7.54. The molecule has 0 amide bonds. The lowest BCUT2D eigenvalue weighted by molar-refractivity contribution is -0.140. The highest BCUT2D eigenvalue weighted by Crippen LogP contribution is 1.98. The van der Waals surface area contributed by atoms with Crippen molar-refractivity contribution in [3.8, 4) is 0 Å². The smallest absolute Gasteiger partial charge is 0.307 e. The number of hydrogen-bond donors (Lipinski definition) is 1. The first-order chi connectivity index (χ1) is 5.74. The molecule has 0 bridgehead atoms. The molecule has 12 heavy (non-hydrogen) atoms. The molecule has 0 spiro atoms.